The van der Waals surface area contributed by atoms with E-state index in [1.54, 1.807) is 0 Å². The van der Waals surface area contributed by atoms with Gasteiger partial charge in [0.25, 0.3) is 0 Å². The molecule has 0 unspecified atom stereocenters. The molecule has 0 amide bonds. The second-order valence-electron chi connectivity index (χ2n) is 4.97. The van der Waals surface area contributed by atoms with Gasteiger partial charge in [-0.25, -0.2) is 0 Å². The van der Waals surface area contributed by atoms with Crippen LogP contribution in [0.15, 0.2) is 42.5 Å². The van der Waals surface area contributed by atoms with Gasteiger partial charge in [0, 0.05) is 29.4 Å². The molecule has 3 heteroatoms. The Morgan fingerprint density at radius 1 is 0.895 bits per heavy atom. The number of aromatic nitrogens is 1. The monoisotopic (exact) mass is 252 g/mol. The standard InChI is InChI=1S/C16H16N2O/c1-2-6-14-12(4-1)13-5-3-7-15(16(13)17-14)18-8-10-19-11-9-18/h1-7,17H,8-11H2. The third-order valence-electron chi connectivity index (χ3n) is 3.87. The Kier molecular flexibility index (Phi) is 2.45. The van der Waals surface area contributed by atoms with Crippen LogP contribution in [0.3, 0.4) is 0 Å². The second kappa shape index (κ2) is 4.28. The second-order valence-corrected chi connectivity index (χ2v) is 4.97. The van der Waals surface area contributed by atoms with Gasteiger partial charge in [0.05, 0.1) is 24.4 Å². The highest BCUT2D eigenvalue weighted by Gasteiger charge is 2.15. The van der Waals surface area contributed by atoms with Gasteiger partial charge < -0.3 is 14.6 Å². The van der Waals surface area contributed by atoms with Crippen molar-refractivity contribution in [2.75, 3.05) is 31.2 Å². The Labute approximate surface area is 111 Å². The van der Waals surface area contributed by atoms with Gasteiger partial charge in [-0.1, -0.05) is 30.3 Å². The number of anilines is 1. The number of hydrogen-bond acceptors (Lipinski definition) is 2. The summed E-state index contributed by atoms with van der Waals surface area (Å²) in [5, 5.41) is 2.60. The predicted octanol–water partition coefficient (Wildman–Crippen LogP) is 3.16. The summed E-state index contributed by atoms with van der Waals surface area (Å²) in [7, 11) is 0. The zero-order valence-corrected chi connectivity index (χ0v) is 10.7. The molecule has 1 N–H and O–H groups in total. The van der Waals surface area contributed by atoms with E-state index in [4.69, 9.17) is 4.74 Å². The van der Waals surface area contributed by atoms with Crippen LogP contribution in [-0.4, -0.2) is 31.3 Å². The lowest BCUT2D eigenvalue weighted by molar-refractivity contribution is 0.123. The van der Waals surface area contributed by atoms with Crippen molar-refractivity contribution in [2.45, 2.75) is 0 Å². The smallest absolute Gasteiger partial charge is 0.0702 e. The van der Waals surface area contributed by atoms with E-state index >= 15 is 0 Å². The summed E-state index contributed by atoms with van der Waals surface area (Å²) in [6.45, 7) is 3.57. The summed E-state index contributed by atoms with van der Waals surface area (Å²) in [5.74, 6) is 0. The lowest BCUT2D eigenvalue weighted by atomic mass is 10.1. The quantitative estimate of drug-likeness (QED) is 0.720. The van der Waals surface area contributed by atoms with Crippen molar-refractivity contribution in [1.82, 2.24) is 4.98 Å². The summed E-state index contributed by atoms with van der Waals surface area (Å²) in [6, 6.07) is 15.0. The number of ether oxygens (including phenoxy) is 1. The summed E-state index contributed by atoms with van der Waals surface area (Å²) >= 11 is 0. The molecular formula is C16H16N2O. The molecule has 1 fully saturated rings. The molecule has 1 saturated heterocycles. The molecule has 0 radical (unpaired) electrons. The Hall–Kier alpha value is -2.00. The molecule has 4 rings (SSSR count). The van der Waals surface area contributed by atoms with Crippen LogP contribution < -0.4 is 4.90 Å². The van der Waals surface area contributed by atoms with Crippen LogP contribution >= 0.6 is 0 Å². The van der Waals surface area contributed by atoms with Gasteiger partial charge in [0.15, 0.2) is 0 Å². The fraction of sp³-hybridized carbons (Fsp3) is 0.250. The van der Waals surface area contributed by atoms with Crippen molar-refractivity contribution in [3.63, 3.8) is 0 Å². The third-order valence-corrected chi connectivity index (χ3v) is 3.87. The van der Waals surface area contributed by atoms with Crippen LogP contribution in [0.2, 0.25) is 0 Å². The Morgan fingerprint density at radius 3 is 2.58 bits per heavy atom. The summed E-state index contributed by atoms with van der Waals surface area (Å²) < 4.78 is 5.44. The van der Waals surface area contributed by atoms with Crippen LogP contribution in [-0.2, 0) is 4.74 Å². The number of hydrogen-bond donors (Lipinski definition) is 1. The topological polar surface area (TPSA) is 28.3 Å². The molecule has 1 aromatic heterocycles. The Bertz CT molecular complexity index is 726. The first-order valence-corrected chi connectivity index (χ1v) is 6.75. The minimum atomic E-state index is 0.816. The van der Waals surface area contributed by atoms with Crippen molar-refractivity contribution in [3.8, 4) is 0 Å². The first-order chi connectivity index (χ1) is 9.43. The van der Waals surface area contributed by atoms with E-state index in [2.05, 4.69) is 52.3 Å². The number of morpholine rings is 1. The van der Waals surface area contributed by atoms with E-state index in [1.165, 1.54) is 27.5 Å². The van der Waals surface area contributed by atoms with Gasteiger partial charge in [-0.2, -0.15) is 0 Å². The normalized spacial score (nSPS) is 16.3. The molecule has 3 nitrogen and oxygen atoms in total. The number of nitrogens with one attached hydrogen (secondary N) is 1. The van der Waals surface area contributed by atoms with E-state index < -0.39 is 0 Å². The van der Waals surface area contributed by atoms with Gasteiger partial charge in [-0.3, -0.25) is 0 Å². The fourth-order valence-corrected chi connectivity index (χ4v) is 2.93. The molecule has 0 saturated carbocycles. The molecule has 0 bridgehead atoms. The molecule has 0 atom stereocenters. The number of rotatable bonds is 1. The van der Waals surface area contributed by atoms with Crippen molar-refractivity contribution in [3.05, 3.63) is 42.5 Å². The van der Waals surface area contributed by atoms with E-state index in [-0.39, 0.29) is 0 Å². The van der Waals surface area contributed by atoms with Crippen molar-refractivity contribution >= 4 is 27.5 Å². The van der Waals surface area contributed by atoms with Crippen molar-refractivity contribution < 1.29 is 4.74 Å². The highest BCUT2D eigenvalue weighted by molar-refractivity contribution is 6.11. The first kappa shape index (κ1) is 10.9. The average molecular weight is 252 g/mol. The SMILES string of the molecule is c1ccc2c(c1)[nH]c1c(N3CCOCC3)cccc12. The largest absolute Gasteiger partial charge is 0.378 e. The van der Waals surface area contributed by atoms with Crippen molar-refractivity contribution in [1.29, 1.82) is 0 Å². The molecular weight excluding hydrogens is 236 g/mol. The lowest BCUT2D eigenvalue weighted by Crippen LogP contribution is -2.36. The number of H-pyrrole nitrogens is 1. The van der Waals surface area contributed by atoms with Gasteiger partial charge in [-0.05, 0) is 12.1 Å². The number of para-hydroxylation sites is 2. The lowest BCUT2D eigenvalue weighted by Gasteiger charge is -2.29. The van der Waals surface area contributed by atoms with Crippen LogP contribution in [0, 0.1) is 0 Å². The van der Waals surface area contributed by atoms with E-state index in [0.717, 1.165) is 26.3 Å². The average Bonchev–Trinajstić information content (AvgIpc) is 2.87. The molecule has 96 valence electrons. The third kappa shape index (κ3) is 1.70. The zero-order chi connectivity index (χ0) is 12.7. The van der Waals surface area contributed by atoms with Crippen LogP contribution in [0.25, 0.3) is 21.8 Å². The fourth-order valence-electron chi connectivity index (χ4n) is 2.93. The number of fused-ring (bicyclic) bond motifs is 3. The zero-order valence-electron chi connectivity index (χ0n) is 10.7. The molecule has 0 aliphatic carbocycles. The molecule has 3 aromatic rings. The number of nitrogens with zero attached hydrogens (tertiary/aromatic N) is 1. The van der Waals surface area contributed by atoms with Gasteiger partial charge in [0.2, 0.25) is 0 Å². The van der Waals surface area contributed by atoms with E-state index in [9.17, 15) is 0 Å². The maximum absolute atomic E-state index is 5.44. The molecule has 1 aliphatic heterocycles. The summed E-state index contributed by atoms with van der Waals surface area (Å²) in [5.41, 5.74) is 3.74. The van der Waals surface area contributed by atoms with Crippen LogP contribution in [0.4, 0.5) is 5.69 Å². The highest BCUT2D eigenvalue weighted by atomic mass is 16.5. The summed E-state index contributed by atoms with van der Waals surface area (Å²) in [6.07, 6.45) is 0. The van der Waals surface area contributed by atoms with Gasteiger partial charge >= 0.3 is 0 Å². The maximum Gasteiger partial charge on any atom is 0.0702 e. The van der Waals surface area contributed by atoms with E-state index in [0.29, 0.717) is 0 Å². The molecule has 2 aromatic carbocycles. The van der Waals surface area contributed by atoms with Crippen LogP contribution in [0.1, 0.15) is 0 Å². The molecule has 2 heterocycles. The van der Waals surface area contributed by atoms with Crippen LogP contribution in [0.5, 0.6) is 0 Å². The predicted molar refractivity (Wildman–Crippen MR) is 78.8 cm³/mol. The molecule has 19 heavy (non-hydrogen) atoms. The van der Waals surface area contributed by atoms with Crippen molar-refractivity contribution in [2.24, 2.45) is 0 Å². The first-order valence-electron chi connectivity index (χ1n) is 6.75. The summed E-state index contributed by atoms with van der Waals surface area (Å²) in [4.78, 5) is 5.97. The van der Waals surface area contributed by atoms with Gasteiger partial charge in [0.1, 0.15) is 0 Å². The Balaban J connectivity index is 1.95. The minimum absolute atomic E-state index is 0.816. The van der Waals surface area contributed by atoms with E-state index in [1.807, 2.05) is 0 Å². The Morgan fingerprint density at radius 2 is 1.68 bits per heavy atom. The number of aromatic amines is 1. The number of benzene rings is 2. The maximum atomic E-state index is 5.44. The molecule has 1 aliphatic rings. The minimum Gasteiger partial charge on any atom is -0.378 e. The molecule has 0 spiro atoms. The highest BCUT2D eigenvalue weighted by Crippen LogP contribution is 2.32. The van der Waals surface area contributed by atoms with Gasteiger partial charge in [-0.15, -0.1) is 0 Å².